The second-order valence-corrected chi connectivity index (χ2v) is 13.1. The third-order valence-corrected chi connectivity index (χ3v) is 9.31. The van der Waals surface area contributed by atoms with Crippen molar-refractivity contribution in [1.29, 1.82) is 0 Å². The summed E-state index contributed by atoms with van der Waals surface area (Å²) in [5.74, 6) is 1.52. The lowest BCUT2D eigenvalue weighted by molar-refractivity contribution is -0.131. The molecular weight excluding hydrogens is 580 g/mol. The van der Waals surface area contributed by atoms with Crippen LogP contribution in [0.3, 0.4) is 0 Å². The Morgan fingerprint density at radius 1 is 0.848 bits per heavy atom. The molecule has 1 N–H and O–H groups in total. The number of rotatable bonds is 8. The van der Waals surface area contributed by atoms with Gasteiger partial charge in [-0.3, -0.25) is 14.5 Å². The molecule has 3 aliphatic rings. The molecule has 0 radical (unpaired) electrons. The van der Waals surface area contributed by atoms with Crippen molar-refractivity contribution >= 4 is 23.1 Å². The van der Waals surface area contributed by atoms with Gasteiger partial charge in [0.2, 0.25) is 11.7 Å². The first-order valence-corrected chi connectivity index (χ1v) is 15.9. The molecule has 9 heteroatoms. The molecule has 1 saturated heterocycles. The number of ether oxygens (including phenoxy) is 3. The number of nitrogens with zero attached hydrogens (tertiary/aromatic N) is 3. The maximum absolute atomic E-state index is 14.2. The van der Waals surface area contributed by atoms with Crippen molar-refractivity contribution in [2.45, 2.75) is 39.3 Å². The molecule has 9 nitrogen and oxygen atoms in total. The summed E-state index contributed by atoms with van der Waals surface area (Å²) >= 11 is 0. The summed E-state index contributed by atoms with van der Waals surface area (Å²) in [5, 5.41) is 3.64. The van der Waals surface area contributed by atoms with Crippen LogP contribution in [0.2, 0.25) is 0 Å². The van der Waals surface area contributed by atoms with Crippen molar-refractivity contribution in [2.24, 2.45) is 5.41 Å². The molecule has 1 amide bonds. The van der Waals surface area contributed by atoms with Gasteiger partial charge in [0, 0.05) is 56.0 Å². The maximum Gasteiger partial charge on any atom is 0.242 e. The van der Waals surface area contributed by atoms with Gasteiger partial charge in [0.1, 0.15) is 0 Å². The van der Waals surface area contributed by atoms with Crippen LogP contribution in [-0.2, 0) is 16.1 Å². The number of benzene rings is 3. The molecule has 1 unspecified atom stereocenters. The quantitative estimate of drug-likeness (QED) is 0.343. The molecule has 0 spiro atoms. The van der Waals surface area contributed by atoms with E-state index in [4.69, 9.17) is 14.2 Å². The van der Waals surface area contributed by atoms with Crippen LogP contribution in [-0.4, -0.2) is 75.5 Å². The summed E-state index contributed by atoms with van der Waals surface area (Å²) < 4.78 is 17.4. The normalized spacial score (nSPS) is 19.5. The summed E-state index contributed by atoms with van der Waals surface area (Å²) in [6, 6.07) is 21.6. The van der Waals surface area contributed by atoms with E-state index in [0.717, 1.165) is 42.3 Å². The number of anilines is 2. The first-order valence-electron chi connectivity index (χ1n) is 15.9. The van der Waals surface area contributed by atoms with Gasteiger partial charge in [-0.15, -0.1) is 0 Å². The van der Waals surface area contributed by atoms with Crippen LogP contribution in [0, 0.1) is 5.41 Å². The Hall–Kier alpha value is -4.50. The van der Waals surface area contributed by atoms with Crippen LogP contribution >= 0.6 is 0 Å². The molecule has 2 heterocycles. The predicted molar refractivity (Wildman–Crippen MR) is 180 cm³/mol. The van der Waals surface area contributed by atoms with Crippen LogP contribution < -0.4 is 24.4 Å². The fourth-order valence-electron chi connectivity index (χ4n) is 7.13. The molecule has 242 valence electrons. The number of ketones is 1. The van der Waals surface area contributed by atoms with Crippen LogP contribution in [0.15, 0.2) is 78.0 Å². The van der Waals surface area contributed by atoms with Crippen LogP contribution in [0.1, 0.15) is 43.9 Å². The Morgan fingerprint density at radius 2 is 1.54 bits per heavy atom. The van der Waals surface area contributed by atoms with Gasteiger partial charge in [-0.2, -0.15) is 0 Å². The molecule has 1 aliphatic carbocycles. The smallest absolute Gasteiger partial charge is 0.242 e. The fourth-order valence-corrected chi connectivity index (χ4v) is 7.13. The third kappa shape index (κ3) is 6.16. The zero-order valence-electron chi connectivity index (χ0n) is 27.5. The molecule has 1 fully saturated rings. The summed E-state index contributed by atoms with van der Waals surface area (Å²) in [6.45, 7) is 8.09. The number of Topliss-reactive ketones (excluding diaryl/α,β-unsaturated/α-hetero) is 1. The standard InChI is InChI=1S/C37H44N4O5/c1-37(2)21-28-33(30(42)22-37)34(26-15-16-31(44-3)36(46-5)35(26)45-4)41(29-14-10-9-13-27(29)38-28)24-32(43)40-19-17-39(18-20-40)23-25-11-7-6-8-12-25/h6-16,34,38H,17-24H2,1-5H3. The van der Waals surface area contributed by atoms with E-state index in [-0.39, 0.29) is 23.7 Å². The van der Waals surface area contributed by atoms with Crippen molar-refractivity contribution in [2.75, 3.05) is 64.3 Å². The van der Waals surface area contributed by atoms with Crippen LogP contribution in [0.5, 0.6) is 17.2 Å². The maximum atomic E-state index is 14.2. The molecule has 0 bridgehead atoms. The first kappa shape index (κ1) is 31.5. The number of methoxy groups -OCH3 is 3. The minimum Gasteiger partial charge on any atom is -0.493 e. The molecule has 3 aromatic carbocycles. The molecular formula is C37H44N4O5. The fraction of sp³-hybridized carbons (Fsp3) is 0.405. The number of nitrogens with one attached hydrogen (secondary N) is 1. The highest BCUT2D eigenvalue weighted by Gasteiger charge is 2.43. The Kier molecular flexibility index (Phi) is 8.95. The molecule has 2 aliphatic heterocycles. The second-order valence-electron chi connectivity index (χ2n) is 13.1. The lowest BCUT2D eigenvalue weighted by atomic mass is 9.73. The average Bonchev–Trinajstić information content (AvgIpc) is 3.18. The molecule has 6 rings (SSSR count). The number of carbonyl (C=O) groups excluding carboxylic acids is 2. The Bertz CT molecular complexity index is 1630. The lowest BCUT2D eigenvalue weighted by Crippen LogP contribution is -2.51. The summed E-state index contributed by atoms with van der Waals surface area (Å²) in [4.78, 5) is 34.8. The van der Waals surface area contributed by atoms with Gasteiger partial charge < -0.3 is 29.3 Å². The van der Waals surface area contributed by atoms with Gasteiger partial charge in [-0.1, -0.05) is 56.3 Å². The highest BCUT2D eigenvalue weighted by atomic mass is 16.5. The third-order valence-electron chi connectivity index (χ3n) is 9.31. The van der Waals surface area contributed by atoms with Gasteiger partial charge in [-0.25, -0.2) is 0 Å². The summed E-state index contributed by atoms with van der Waals surface area (Å²) in [6.07, 6.45) is 1.10. The van der Waals surface area contributed by atoms with Gasteiger partial charge in [0.15, 0.2) is 17.3 Å². The Morgan fingerprint density at radius 3 is 2.24 bits per heavy atom. The predicted octanol–water partition coefficient (Wildman–Crippen LogP) is 5.67. The zero-order valence-corrected chi connectivity index (χ0v) is 27.5. The number of amides is 1. The summed E-state index contributed by atoms with van der Waals surface area (Å²) in [7, 11) is 4.75. The van der Waals surface area contributed by atoms with E-state index in [1.165, 1.54) is 5.56 Å². The van der Waals surface area contributed by atoms with E-state index in [1.807, 2.05) is 47.4 Å². The number of piperazine rings is 1. The van der Waals surface area contributed by atoms with E-state index in [2.05, 4.69) is 53.2 Å². The van der Waals surface area contributed by atoms with Crippen LogP contribution in [0.4, 0.5) is 11.4 Å². The number of carbonyl (C=O) groups is 2. The van der Waals surface area contributed by atoms with E-state index in [0.29, 0.717) is 48.8 Å². The van der Waals surface area contributed by atoms with Crippen molar-refractivity contribution in [3.05, 3.63) is 89.1 Å². The lowest BCUT2D eigenvalue weighted by Gasteiger charge is -2.40. The SMILES string of the molecule is COc1ccc(C2C3=C(CC(C)(C)CC3=O)Nc3ccccc3N2CC(=O)N2CCN(Cc3ccccc3)CC2)c(OC)c1OC. The van der Waals surface area contributed by atoms with Gasteiger partial charge in [0.05, 0.1) is 45.3 Å². The minimum atomic E-state index is -0.604. The van der Waals surface area contributed by atoms with E-state index in [1.54, 1.807) is 21.3 Å². The average molecular weight is 625 g/mol. The highest BCUT2D eigenvalue weighted by molar-refractivity contribution is 6.02. The minimum absolute atomic E-state index is 0.0197. The van der Waals surface area contributed by atoms with Crippen molar-refractivity contribution in [3.63, 3.8) is 0 Å². The molecule has 46 heavy (non-hydrogen) atoms. The van der Waals surface area contributed by atoms with E-state index >= 15 is 0 Å². The van der Waals surface area contributed by atoms with Gasteiger partial charge in [-0.05, 0) is 41.7 Å². The van der Waals surface area contributed by atoms with Gasteiger partial charge in [0.25, 0.3) is 0 Å². The monoisotopic (exact) mass is 624 g/mol. The number of hydrogen-bond donors (Lipinski definition) is 1. The van der Waals surface area contributed by atoms with E-state index in [9.17, 15) is 9.59 Å². The van der Waals surface area contributed by atoms with Crippen molar-refractivity contribution in [3.8, 4) is 17.2 Å². The topological polar surface area (TPSA) is 83.6 Å². The highest BCUT2D eigenvalue weighted by Crippen LogP contribution is 2.52. The summed E-state index contributed by atoms with van der Waals surface area (Å²) in [5.41, 5.74) is 5.03. The number of hydrogen-bond acceptors (Lipinski definition) is 8. The van der Waals surface area contributed by atoms with Crippen LogP contribution in [0.25, 0.3) is 0 Å². The van der Waals surface area contributed by atoms with Gasteiger partial charge >= 0.3 is 0 Å². The number of fused-ring (bicyclic) bond motifs is 1. The Balaban J connectivity index is 1.40. The first-order chi connectivity index (χ1) is 22.2. The molecule has 3 aromatic rings. The second kappa shape index (κ2) is 13.1. The molecule has 0 saturated carbocycles. The number of allylic oxidation sites excluding steroid dienone is 1. The number of para-hydroxylation sites is 2. The zero-order chi connectivity index (χ0) is 32.4. The largest absolute Gasteiger partial charge is 0.493 e. The van der Waals surface area contributed by atoms with E-state index < -0.39 is 6.04 Å². The Labute approximate surface area is 271 Å². The molecule has 0 aromatic heterocycles. The van der Waals surface area contributed by atoms with Crippen molar-refractivity contribution < 1.29 is 23.8 Å². The molecule has 1 atom stereocenters. The van der Waals surface area contributed by atoms with Crippen molar-refractivity contribution in [1.82, 2.24) is 9.80 Å².